The van der Waals surface area contributed by atoms with E-state index in [4.69, 9.17) is 15.2 Å². The molecule has 0 aromatic carbocycles. The Morgan fingerprint density at radius 2 is 1.71 bits per heavy atom. The van der Waals surface area contributed by atoms with Crippen molar-refractivity contribution in [2.75, 3.05) is 0 Å². The summed E-state index contributed by atoms with van der Waals surface area (Å²) in [6, 6.07) is 0. The van der Waals surface area contributed by atoms with Crippen LogP contribution in [0.15, 0.2) is 4.99 Å². The molecule has 8 atom stereocenters. The molecule has 0 amide bonds. The molecule has 5 aliphatic rings. The van der Waals surface area contributed by atoms with Crippen molar-refractivity contribution >= 4 is 5.96 Å². The zero-order chi connectivity index (χ0) is 15.4. The fourth-order valence-corrected chi connectivity index (χ4v) is 3.94. The van der Waals surface area contributed by atoms with Gasteiger partial charge in [-0.05, 0) is 0 Å². The van der Waals surface area contributed by atoms with E-state index in [1.165, 1.54) is 0 Å². The second kappa shape index (κ2) is 3.47. The van der Waals surface area contributed by atoms with Gasteiger partial charge in [0.2, 0.25) is 5.79 Å². The average Bonchev–Trinajstić information content (AvgIpc) is 2.36. The van der Waals surface area contributed by atoms with Crippen LogP contribution in [-0.2, 0) is 9.47 Å². The lowest BCUT2D eigenvalue weighted by Gasteiger charge is -2.70. The first-order valence-electron chi connectivity index (χ1n) is 6.33. The summed E-state index contributed by atoms with van der Waals surface area (Å²) in [6.45, 7) is 0. The highest BCUT2D eigenvalue weighted by Gasteiger charge is 2.83. The molecule has 118 valence electrons. The van der Waals surface area contributed by atoms with Crippen LogP contribution in [0.4, 0.5) is 0 Å². The molecule has 9 N–H and O–H groups in total. The molecular formula is C10H15N3O8. The molecular weight excluding hydrogens is 290 g/mol. The lowest BCUT2D eigenvalue weighted by Crippen LogP contribution is -2.95. The average molecular weight is 305 g/mol. The Morgan fingerprint density at radius 1 is 1.10 bits per heavy atom. The van der Waals surface area contributed by atoms with Crippen LogP contribution in [0.3, 0.4) is 0 Å². The third kappa shape index (κ3) is 1.25. The molecule has 0 radical (unpaired) electrons. The molecule has 11 nitrogen and oxygen atoms in total. The lowest BCUT2D eigenvalue weighted by atomic mass is 9.58. The van der Waals surface area contributed by atoms with E-state index in [0.717, 1.165) is 0 Å². The van der Waals surface area contributed by atoms with Crippen LogP contribution >= 0.6 is 0 Å². The van der Waals surface area contributed by atoms with Crippen molar-refractivity contribution in [3.05, 3.63) is 0 Å². The standard InChI is InChI=1S/C10H15N3O8/c11-7-12-5(15)1-3-9(17,18)4-2(14)8(1,13-7)6(16)10(19,20-3)21-4/h1-6,14-19H,(H3,11,12,13)/t1-,2-,3-,4?,5-,6+,8-,10?/m1/s1. The van der Waals surface area contributed by atoms with Gasteiger partial charge in [0, 0.05) is 0 Å². The summed E-state index contributed by atoms with van der Waals surface area (Å²) in [5.41, 5.74) is 3.74. The topological polar surface area (TPSA) is 190 Å². The Labute approximate surface area is 117 Å². The largest absolute Gasteiger partial charge is 0.388 e. The Kier molecular flexibility index (Phi) is 2.25. The second-order valence-corrected chi connectivity index (χ2v) is 5.85. The summed E-state index contributed by atoms with van der Waals surface area (Å²) in [7, 11) is 0. The molecule has 11 heteroatoms. The monoisotopic (exact) mass is 305 g/mol. The van der Waals surface area contributed by atoms with E-state index in [1.807, 2.05) is 0 Å². The van der Waals surface area contributed by atoms with Gasteiger partial charge in [-0.3, -0.25) is 0 Å². The van der Waals surface area contributed by atoms with Crippen molar-refractivity contribution in [1.29, 1.82) is 0 Å². The van der Waals surface area contributed by atoms with E-state index >= 15 is 0 Å². The van der Waals surface area contributed by atoms with E-state index in [-0.39, 0.29) is 5.96 Å². The molecule has 0 aromatic heterocycles. The van der Waals surface area contributed by atoms with Gasteiger partial charge >= 0.3 is 5.97 Å². The number of aliphatic hydroxyl groups excluding tert-OH is 3. The predicted molar refractivity (Wildman–Crippen MR) is 60.9 cm³/mol. The summed E-state index contributed by atoms with van der Waals surface area (Å²) in [4.78, 5) is 3.63. The highest BCUT2D eigenvalue weighted by molar-refractivity contribution is 5.80. The molecule has 4 heterocycles. The first kappa shape index (κ1) is 13.6. The van der Waals surface area contributed by atoms with Gasteiger partial charge in [0.25, 0.3) is 0 Å². The van der Waals surface area contributed by atoms with E-state index in [2.05, 4.69) is 10.3 Å². The normalized spacial score (nSPS) is 60.2. The molecule has 1 spiro atoms. The maximum Gasteiger partial charge on any atom is 0.311 e. The zero-order valence-corrected chi connectivity index (χ0v) is 10.5. The van der Waals surface area contributed by atoms with E-state index in [9.17, 15) is 30.6 Å². The number of aliphatic hydroxyl groups is 6. The number of hydrogen-bond donors (Lipinski definition) is 8. The van der Waals surface area contributed by atoms with Crippen LogP contribution in [0.25, 0.3) is 0 Å². The maximum atomic E-state index is 10.4. The Bertz CT molecular complexity index is 542. The van der Waals surface area contributed by atoms with Crippen molar-refractivity contribution in [3.63, 3.8) is 0 Å². The molecule has 3 saturated heterocycles. The summed E-state index contributed by atoms with van der Waals surface area (Å²) in [6.07, 6.45) is -8.37. The number of ether oxygens (including phenoxy) is 2. The molecule has 1 aliphatic carbocycles. The van der Waals surface area contributed by atoms with Gasteiger partial charge in [0.1, 0.15) is 23.9 Å². The highest BCUT2D eigenvalue weighted by Crippen LogP contribution is 2.57. The number of rotatable bonds is 0. The van der Waals surface area contributed by atoms with Gasteiger partial charge in [-0.2, -0.15) is 0 Å². The second-order valence-electron chi connectivity index (χ2n) is 5.85. The zero-order valence-electron chi connectivity index (χ0n) is 10.5. The SMILES string of the molecule is NC1=N[C@H](O)[C@H]2[C@H]3OC4(O)OC([C@@H](O)[C@@]2(N1)[C@@H]4O)C3(O)O. The highest BCUT2D eigenvalue weighted by atomic mass is 16.9. The summed E-state index contributed by atoms with van der Waals surface area (Å²) in [5, 5.41) is 63.8. The minimum atomic E-state index is -2.69. The number of aliphatic imine (C=N–C) groups is 1. The summed E-state index contributed by atoms with van der Waals surface area (Å²) in [5.74, 6) is -6.80. The third-order valence-corrected chi connectivity index (χ3v) is 4.82. The van der Waals surface area contributed by atoms with E-state index in [0.29, 0.717) is 0 Å². The minimum absolute atomic E-state index is 0.274. The van der Waals surface area contributed by atoms with Gasteiger partial charge in [0.15, 0.2) is 18.3 Å². The molecule has 2 unspecified atom stereocenters. The van der Waals surface area contributed by atoms with Gasteiger partial charge in [-0.1, -0.05) is 0 Å². The molecule has 4 aliphatic heterocycles. The van der Waals surface area contributed by atoms with Crippen molar-refractivity contribution in [1.82, 2.24) is 5.32 Å². The van der Waals surface area contributed by atoms with Crippen LogP contribution in [0.2, 0.25) is 0 Å². The first-order valence-corrected chi connectivity index (χ1v) is 6.33. The number of nitrogens with one attached hydrogen (secondary N) is 1. The van der Waals surface area contributed by atoms with Crippen LogP contribution < -0.4 is 11.1 Å². The first-order chi connectivity index (χ1) is 9.64. The quantitative estimate of drug-likeness (QED) is 0.200. The van der Waals surface area contributed by atoms with E-state index < -0.39 is 53.9 Å². The lowest BCUT2D eigenvalue weighted by molar-refractivity contribution is -0.569. The van der Waals surface area contributed by atoms with Gasteiger partial charge < -0.3 is 51.2 Å². The number of nitrogens with two attached hydrogens (primary N) is 1. The van der Waals surface area contributed by atoms with Crippen molar-refractivity contribution in [2.45, 2.75) is 47.9 Å². The Hall–Kier alpha value is -1.05. The molecule has 1 saturated carbocycles. The Balaban J connectivity index is 1.95. The van der Waals surface area contributed by atoms with Crippen molar-refractivity contribution in [3.8, 4) is 0 Å². The van der Waals surface area contributed by atoms with Gasteiger partial charge in [-0.15, -0.1) is 0 Å². The number of nitrogens with zero attached hydrogens (tertiary/aromatic N) is 1. The molecule has 5 rings (SSSR count). The van der Waals surface area contributed by atoms with Gasteiger partial charge in [-0.25, -0.2) is 4.99 Å². The fourth-order valence-electron chi connectivity index (χ4n) is 3.94. The smallest absolute Gasteiger partial charge is 0.311 e. The van der Waals surface area contributed by atoms with Crippen LogP contribution in [0.5, 0.6) is 0 Å². The maximum absolute atomic E-state index is 10.4. The Morgan fingerprint density at radius 3 is 2.38 bits per heavy atom. The molecule has 0 aromatic rings. The van der Waals surface area contributed by atoms with Crippen LogP contribution in [-0.4, -0.2) is 84.5 Å². The van der Waals surface area contributed by atoms with Crippen LogP contribution in [0, 0.1) is 5.92 Å². The summed E-state index contributed by atoms with van der Waals surface area (Å²) < 4.78 is 9.91. The van der Waals surface area contributed by atoms with Crippen LogP contribution in [0.1, 0.15) is 0 Å². The fraction of sp³-hybridized carbons (Fsp3) is 0.900. The van der Waals surface area contributed by atoms with Crippen molar-refractivity contribution < 1.29 is 40.1 Å². The molecule has 21 heavy (non-hydrogen) atoms. The minimum Gasteiger partial charge on any atom is -0.388 e. The number of guanidine groups is 1. The van der Waals surface area contributed by atoms with Gasteiger partial charge in [0.05, 0.1) is 5.92 Å². The third-order valence-electron chi connectivity index (χ3n) is 4.82. The summed E-state index contributed by atoms with van der Waals surface area (Å²) >= 11 is 0. The number of hydrogen-bond acceptors (Lipinski definition) is 11. The molecule has 4 bridgehead atoms. The molecule has 4 fully saturated rings. The van der Waals surface area contributed by atoms with Crippen molar-refractivity contribution in [2.24, 2.45) is 16.6 Å². The van der Waals surface area contributed by atoms with E-state index in [1.54, 1.807) is 0 Å². The predicted octanol–water partition coefficient (Wildman–Crippen LogP) is -5.56.